The van der Waals surface area contributed by atoms with Gasteiger partial charge in [-0.2, -0.15) is 0 Å². The Bertz CT molecular complexity index is 589. The first-order valence-electron chi connectivity index (χ1n) is 6.45. The summed E-state index contributed by atoms with van der Waals surface area (Å²) in [6.45, 7) is 4.79. The number of unbranched alkanes of at least 4 members (excludes halogenated alkanes) is 2. The molecule has 0 radical (unpaired) electrons. The average Bonchev–Trinajstić information content (AvgIpc) is 2.38. The maximum atomic E-state index is 12.1. The van der Waals surface area contributed by atoms with Gasteiger partial charge < -0.3 is 5.43 Å². The van der Waals surface area contributed by atoms with Gasteiger partial charge in [-0.25, -0.2) is 9.66 Å². The highest BCUT2D eigenvalue weighted by Gasteiger charge is 2.06. The first-order valence-corrected chi connectivity index (χ1v) is 6.45. The van der Waals surface area contributed by atoms with Gasteiger partial charge in [-0.15, -0.1) is 0 Å². The van der Waals surface area contributed by atoms with Crippen molar-refractivity contribution in [3.63, 3.8) is 0 Å². The molecular formula is C14H19N3O. The number of nitrogens with one attached hydrogen (secondary N) is 1. The van der Waals surface area contributed by atoms with Crippen molar-refractivity contribution in [3.8, 4) is 0 Å². The van der Waals surface area contributed by atoms with Gasteiger partial charge in [0.05, 0.1) is 0 Å². The van der Waals surface area contributed by atoms with Crippen LogP contribution in [0.5, 0.6) is 0 Å². The van der Waals surface area contributed by atoms with Crippen LogP contribution < -0.4 is 11.0 Å². The zero-order valence-electron chi connectivity index (χ0n) is 10.9. The van der Waals surface area contributed by atoms with Crippen molar-refractivity contribution in [1.29, 1.82) is 0 Å². The number of pyridine rings is 2. The molecule has 0 aliphatic carbocycles. The lowest BCUT2D eigenvalue weighted by Crippen LogP contribution is -2.31. The molecule has 4 nitrogen and oxygen atoms in total. The van der Waals surface area contributed by atoms with Crippen LogP contribution >= 0.6 is 0 Å². The Morgan fingerprint density at radius 1 is 1.39 bits per heavy atom. The number of hydrogen-bond acceptors (Lipinski definition) is 3. The van der Waals surface area contributed by atoms with E-state index in [1.807, 2.05) is 25.1 Å². The van der Waals surface area contributed by atoms with Crippen LogP contribution in [0.25, 0.3) is 11.0 Å². The van der Waals surface area contributed by atoms with E-state index in [0.717, 1.165) is 23.9 Å². The molecule has 0 fully saturated rings. The Labute approximate surface area is 107 Å². The lowest BCUT2D eigenvalue weighted by atomic mass is 10.2. The molecule has 2 heterocycles. The van der Waals surface area contributed by atoms with Crippen molar-refractivity contribution in [1.82, 2.24) is 9.66 Å². The molecule has 96 valence electrons. The minimum Gasteiger partial charge on any atom is -0.321 e. The minimum atomic E-state index is -0.0160. The van der Waals surface area contributed by atoms with E-state index in [9.17, 15) is 4.79 Å². The molecule has 0 spiro atoms. The molecule has 0 atom stereocenters. The largest absolute Gasteiger partial charge is 0.321 e. The van der Waals surface area contributed by atoms with Crippen molar-refractivity contribution in [2.75, 3.05) is 12.0 Å². The van der Waals surface area contributed by atoms with Crippen LogP contribution in [0.2, 0.25) is 0 Å². The van der Waals surface area contributed by atoms with E-state index in [4.69, 9.17) is 0 Å². The molecule has 0 bridgehead atoms. The molecule has 0 aliphatic heterocycles. The maximum Gasteiger partial charge on any atom is 0.273 e. The molecule has 4 heteroatoms. The summed E-state index contributed by atoms with van der Waals surface area (Å²) >= 11 is 0. The van der Waals surface area contributed by atoms with E-state index < -0.39 is 0 Å². The van der Waals surface area contributed by atoms with Crippen molar-refractivity contribution in [2.24, 2.45) is 0 Å². The third kappa shape index (κ3) is 2.53. The summed E-state index contributed by atoms with van der Waals surface area (Å²) in [5.41, 5.74) is 4.59. The molecule has 2 aromatic rings. The Morgan fingerprint density at radius 3 is 3.00 bits per heavy atom. The summed E-state index contributed by atoms with van der Waals surface area (Å²) in [6, 6.07) is 5.74. The fourth-order valence-electron chi connectivity index (χ4n) is 1.99. The van der Waals surface area contributed by atoms with Gasteiger partial charge in [-0.05, 0) is 31.5 Å². The second-order valence-corrected chi connectivity index (χ2v) is 4.50. The van der Waals surface area contributed by atoms with E-state index in [1.165, 1.54) is 12.8 Å². The minimum absolute atomic E-state index is 0.0160. The van der Waals surface area contributed by atoms with Crippen LogP contribution in [0.1, 0.15) is 31.7 Å². The van der Waals surface area contributed by atoms with Gasteiger partial charge in [0.25, 0.3) is 5.56 Å². The number of aromatic nitrogens is 2. The normalized spacial score (nSPS) is 10.8. The van der Waals surface area contributed by atoms with Gasteiger partial charge in [-0.3, -0.25) is 4.79 Å². The molecule has 2 aromatic heterocycles. The lowest BCUT2D eigenvalue weighted by molar-refractivity contribution is 0.698. The summed E-state index contributed by atoms with van der Waals surface area (Å²) < 4.78 is 1.57. The monoisotopic (exact) mass is 245 g/mol. The van der Waals surface area contributed by atoms with Gasteiger partial charge in [0.2, 0.25) is 0 Å². The van der Waals surface area contributed by atoms with Crippen molar-refractivity contribution >= 4 is 11.0 Å². The SMILES string of the molecule is CCCCCNn1c(=O)c(C)cc2cccnc21. The highest BCUT2D eigenvalue weighted by Crippen LogP contribution is 2.09. The van der Waals surface area contributed by atoms with E-state index in [-0.39, 0.29) is 5.56 Å². The predicted molar refractivity (Wildman–Crippen MR) is 74.5 cm³/mol. The number of aryl methyl sites for hydroxylation is 1. The van der Waals surface area contributed by atoms with Crippen molar-refractivity contribution in [2.45, 2.75) is 33.1 Å². The van der Waals surface area contributed by atoms with Gasteiger partial charge in [-0.1, -0.05) is 19.8 Å². The van der Waals surface area contributed by atoms with E-state index in [0.29, 0.717) is 5.65 Å². The highest BCUT2D eigenvalue weighted by molar-refractivity contribution is 5.75. The quantitative estimate of drug-likeness (QED) is 0.823. The predicted octanol–water partition coefficient (Wildman–Crippen LogP) is 2.44. The number of hydrogen-bond donors (Lipinski definition) is 1. The topological polar surface area (TPSA) is 46.9 Å². The van der Waals surface area contributed by atoms with Crippen molar-refractivity contribution < 1.29 is 0 Å². The third-order valence-electron chi connectivity index (χ3n) is 2.99. The molecule has 0 saturated carbocycles. The first kappa shape index (κ1) is 12.6. The zero-order chi connectivity index (χ0) is 13.0. The van der Waals surface area contributed by atoms with Gasteiger partial charge >= 0.3 is 0 Å². The molecular weight excluding hydrogens is 226 g/mol. The molecule has 0 aromatic carbocycles. The zero-order valence-corrected chi connectivity index (χ0v) is 10.9. The van der Waals surface area contributed by atoms with Gasteiger partial charge in [0, 0.05) is 23.7 Å². The summed E-state index contributed by atoms with van der Waals surface area (Å²) in [5.74, 6) is 0. The van der Waals surface area contributed by atoms with Crippen molar-refractivity contribution in [3.05, 3.63) is 40.3 Å². The fraction of sp³-hybridized carbons (Fsp3) is 0.429. The summed E-state index contributed by atoms with van der Waals surface area (Å²) in [5, 5.41) is 0.984. The third-order valence-corrected chi connectivity index (χ3v) is 2.99. The lowest BCUT2D eigenvalue weighted by Gasteiger charge is -2.12. The first-order chi connectivity index (χ1) is 8.74. The van der Waals surface area contributed by atoms with Crippen LogP contribution in [0.15, 0.2) is 29.2 Å². The standard InChI is InChI=1S/C14H19N3O/c1-3-4-5-9-16-17-13-12(7-6-8-15-13)10-11(2)14(17)18/h6-8,10,16H,3-5,9H2,1-2H3. The Kier molecular flexibility index (Phi) is 3.97. The Morgan fingerprint density at radius 2 is 2.22 bits per heavy atom. The average molecular weight is 245 g/mol. The molecule has 2 rings (SSSR count). The summed E-state index contributed by atoms with van der Waals surface area (Å²) in [6.07, 6.45) is 5.11. The number of fused-ring (bicyclic) bond motifs is 1. The molecule has 0 saturated heterocycles. The maximum absolute atomic E-state index is 12.1. The molecule has 0 aliphatic rings. The van der Waals surface area contributed by atoms with E-state index in [2.05, 4.69) is 17.3 Å². The molecule has 0 unspecified atom stereocenters. The Balaban J connectivity index is 2.35. The van der Waals surface area contributed by atoms with Gasteiger partial charge in [0.1, 0.15) is 0 Å². The smallest absolute Gasteiger partial charge is 0.273 e. The number of rotatable bonds is 5. The second kappa shape index (κ2) is 5.67. The highest BCUT2D eigenvalue weighted by atomic mass is 16.1. The van der Waals surface area contributed by atoms with E-state index >= 15 is 0 Å². The second-order valence-electron chi connectivity index (χ2n) is 4.50. The van der Waals surface area contributed by atoms with Crippen LogP contribution in [0, 0.1) is 6.92 Å². The molecule has 0 amide bonds. The van der Waals surface area contributed by atoms with Crippen LogP contribution in [0.3, 0.4) is 0 Å². The fourth-order valence-corrected chi connectivity index (χ4v) is 1.99. The summed E-state index contributed by atoms with van der Waals surface area (Å²) in [4.78, 5) is 16.4. The Hall–Kier alpha value is -1.84. The molecule has 1 N–H and O–H groups in total. The molecule has 18 heavy (non-hydrogen) atoms. The van der Waals surface area contributed by atoms with E-state index in [1.54, 1.807) is 10.9 Å². The van der Waals surface area contributed by atoms with Crippen LogP contribution in [-0.4, -0.2) is 16.2 Å². The summed E-state index contributed by atoms with van der Waals surface area (Å²) in [7, 11) is 0. The van der Waals surface area contributed by atoms with Gasteiger partial charge in [0.15, 0.2) is 5.65 Å². The van der Waals surface area contributed by atoms with Crippen LogP contribution in [-0.2, 0) is 0 Å². The number of nitrogens with zero attached hydrogens (tertiary/aromatic N) is 2. The van der Waals surface area contributed by atoms with Crippen LogP contribution in [0.4, 0.5) is 0 Å².